The molecule has 68 valence electrons. The van der Waals surface area contributed by atoms with Gasteiger partial charge in [0, 0.05) is 18.3 Å². The second-order valence-electron chi connectivity index (χ2n) is 3.48. The fourth-order valence-electron chi connectivity index (χ4n) is 1.73. The fourth-order valence-corrected chi connectivity index (χ4v) is 3.01. The molecule has 2 aliphatic heterocycles. The molecule has 2 saturated heterocycles. The summed E-state index contributed by atoms with van der Waals surface area (Å²) in [6, 6.07) is -0.198. The first-order valence-electron chi connectivity index (χ1n) is 4.43. The molecule has 4 heteroatoms. The van der Waals surface area contributed by atoms with E-state index in [1.54, 1.807) is 0 Å². The maximum absolute atomic E-state index is 11.1. The van der Waals surface area contributed by atoms with Gasteiger partial charge in [0.25, 0.3) is 0 Å². The molecule has 0 spiro atoms. The number of β-lactam (4-membered cyclic amide) rings is 1. The third-order valence-electron chi connectivity index (χ3n) is 2.49. The van der Waals surface area contributed by atoms with Crippen molar-refractivity contribution in [3.63, 3.8) is 0 Å². The summed E-state index contributed by atoms with van der Waals surface area (Å²) in [5.41, 5.74) is 5.49. The van der Waals surface area contributed by atoms with Crippen LogP contribution in [0.3, 0.4) is 0 Å². The Hall–Kier alpha value is -0.220. The molecule has 2 N–H and O–H groups in total. The van der Waals surface area contributed by atoms with E-state index in [1.807, 2.05) is 16.7 Å². The van der Waals surface area contributed by atoms with Crippen LogP contribution in [0.15, 0.2) is 0 Å². The van der Waals surface area contributed by atoms with Crippen molar-refractivity contribution in [2.45, 2.75) is 24.1 Å². The third-order valence-corrected chi connectivity index (χ3v) is 3.87. The molecule has 0 radical (unpaired) electrons. The van der Waals surface area contributed by atoms with Crippen LogP contribution in [0.1, 0.15) is 12.8 Å². The van der Waals surface area contributed by atoms with Crippen LogP contribution in [0, 0.1) is 0 Å². The zero-order valence-electron chi connectivity index (χ0n) is 7.03. The summed E-state index contributed by atoms with van der Waals surface area (Å²) in [5, 5.41) is 0.682. The standard InChI is InChI=1S/C8H14N2OS/c9-7-5-10(8(7)11)4-6-2-1-3-12-6/h6-7H,1-5,9H2. The smallest absolute Gasteiger partial charge is 0.241 e. The van der Waals surface area contributed by atoms with E-state index in [9.17, 15) is 4.79 Å². The lowest BCUT2D eigenvalue weighted by atomic mass is 10.1. The number of carbonyl (C=O) groups excluding carboxylic acids is 1. The van der Waals surface area contributed by atoms with E-state index in [-0.39, 0.29) is 11.9 Å². The number of hydrogen-bond donors (Lipinski definition) is 1. The van der Waals surface area contributed by atoms with Gasteiger partial charge in [-0.1, -0.05) is 0 Å². The highest BCUT2D eigenvalue weighted by molar-refractivity contribution is 8.00. The van der Waals surface area contributed by atoms with Crippen LogP contribution in [0.25, 0.3) is 0 Å². The topological polar surface area (TPSA) is 46.3 Å². The van der Waals surface area contributed by atoms with Crippen molar-refractivity contribution in [1.29, 1.82) is 0 Å². The average molecular weight is 186 g/mol. The molecule has 2 atom stereocenters. The fraction of sp³-hybridized carbons (Fsp3) is 0.875. The van der Waals surface area contributed by atoms with Crippen LogP contribution >= 0.6 is 11.8 Å². The predicted octanol–water partition coefficient (Wildman–Crippen LogP) is 0.0515. The number of thioether (sulfide) groups is 1. The Morgan fingerprint density at radius 3 is 3.00 bits per heavy atom. The number of rotatable bonds is 2. The quantitative estimate of drug-likeness (QED) is 0.620. The van der Waals surface area contributed by atoms with Crippen LogP contribution in [0.2, 0.25) is 0 Å². The van der Waals surface area contributed by atoms with E-state index in [2.05, 4.69) is 0 Å². The Kier molecular flexibility index (Phi) is 2.28. The lowest BCUT2D eigenvalue weighted by Gasteiger charge is -2.37. The first-order chi connectivity index (χ1) is 5.77. The maximum atomic E-state index is 11.1. The zero-order valence-corrected chi connectivity index (χ0v) is 7.85. The number of likely N-dealkylation sites (tertiary alicyclic amines) is 1. The Bertz CT molecular complexity index is 191. The van der Waals surface area contributed by atoms with E-state index in [4.69, 9.17) is 5.73 Å². The van der Waals surface area contributed by atoms with Gasteiger partial charge < -0.3 is 10.6 Å². The number of nitrogens with zero attached hydrogens (tertiary/aromatic N) is 1. The predicted molar refractivity (Wildman–Crippen MR) is 50.0 cm³/mol. The molecular weight excluding hydrogens is 172 g/mol. The first-order valence-corrected chi connectivity index (χ1v) is 5.48. The van der Waals surface area contributed by atoms with Crippen molar-refractivity contribution in [2.75, 3.05) is 18.8 Å². The van der Waals surface area contributed by atoms with Gasteiger partial charge in [-0.2, -0.15) is 11.8 Å². The van der Waals surface area contributed by atoms with Crippen molar-refractivity contribution >= 4 is 17.7 Å². The Morgan fingerprint density at radius 2 is 2.50 bits per heavy atom. The average Bonchev–Trinajstić information content (AvgIpc) is 2.56. The minimum atomic E-state index is -0.198. The second-order valence-corrected chi connectivity index (χ2v) is 4.89. The third kappa shape index (κ3) is 1.45. The van der Waals surface area contributed by atoms with Gasteiger partial charge >= 0.3 is 0 Å². The molecule has 0 aliphatic carbocycles. The maximum Gasteiger partial charge on any atom is 0.241 e. The molecule has 2 rings (SSSR count). The van der Waals surface area contributed by atoms with Gasteiger partial charge in [-0.05, 0) is 18.6 Å². The van der Waals surface area contributed by atoms with E-state index in [0.717, 1.165) is 13.1 Å². The summed E-state index contributed by atoms with van der Waals surface area (Å²) < 4.78 is 0. The van der Waals surface area contributed by atoms with Crippen molar-refractivity contribution in [2.24, 2.45) is 5.73 Å². The minimum absolute atomic E-state index is 0.141. The summed E-state index contributed by atoms with van der Waals surface area (Å²) >= 11 is 1.99. The SMILES string of the molecule is NC1CN(CC2CCCS2)C1=O. The highest BCUT2D eigenvalue weighted by Gasteiger charge is 2.35. The van der Waals surface area contributed by atoms with Crippen LogP contribution in [0.5, 0.6) is 0 Å². The van der Waals surface area contributed by atoms with Gasteiger partial charge in [0.15, 0.2) is 0 Å². The lowest BCUT2D eigenvalue weighted by Crippen LogP contribution is -2.61. The number of nitrogens with two attached hydrogens (primary N) is 1. The zero-order chi connectivity index (χ0) is 8.55. The molecule has 3 nitrogen and oxygen atoms in total. The van der Waals surface area contributed by atoms with Crippen molar-refractivity contribution < 1.29 is 4.79 Å². The summed E-state index contributed by atoms with van der Waals surface area (Å²) in [4.78, 5) is 13.0. The highest BCUT2D eigenvalue weighted by Crippen LogP contribution is 2.27. The summed E-state index contributed by atoms with van der Waals surface area (Å²) in [5.74, 6) is 1.40. The Morgan fingerprint density at radius 1 is 1.67 bits per heavy atom. The molecule has 2 fully saturated rings. The molecule has 2 heterocycles. The summed E-state index contributed by atoms with van der Waals surface area (Å²) in [6.07, 6.45) is 2.58. The molecule has 2 unspecified atom stereocenters. The Balaban J connectivity index is 1.77. The van der Waals surface area contributed by atoms with Crippen LogP contribution in [0.4, 0.5) is 0 Å². The molecule has 12 heavy (non-hydrogen) atoms. The first kappa shape index (κ1) is 8.38. The van der Waals surface area contributed by atoms with Crippen molar-refractivity contribution in [3.8, 4) is 0 Å². The van der Waals surface area contributed by atoms with Crippen LogP contribution in [-0.2, 0) is 4.79 Å². The van der Waals surface area contributed by atoms with E-state index in [1.165, 1.54) is 18.6 Å². The second kappa shape index (κ2) is 3.26. The van der Waals surface area contributed by atoms with Gasteiger partial charge in [0.05, 0.1) is 0 Å². The normalized spacial score (nSPS) is 35.4. The molecular formula is C8H14N2OS. The summed E-state index contributed by atoms with van der Waals surface area (Å²) in [7, 11) is 0. The van der Waals surface area contributed by atoms with Crippen LogP contribution in [-0.4, -0.2) is 40.9 Å². The van der Waals surface area contributed by atoms with Gasteiger partial charge in [-0.25, -0.2) is 0 Å². The lowest BCUT2D eigenvalue weighted by molar-refractivity contribution is -0.142. The van der Waals surface area contributed by atoms with Gasteiger partial charge in [-0.3, -0.25) is 4.79 Å². The Labute approximate surface area is 76.7 Å². The largest absolute Gasteiger partial charge is 0.338 e. The molecule has 2 aliphatic rings. The van der Waals surface area contributed by atoms with Crippen LogP contribution < -0.4 is 5.73 Å². The molecule has 0 aromatic carbocycles. The molecule has 1 amide bonds. The van der Waals surface area contributed by atoms with Crippen molar-refractivity contribution in [1.82, 2.24) is 4.90 Å². The van der Waals surface area contributed by atoms with Gasteiger partial charge in [-0.15, -0.1) is 0 Å². The number of hydrogen-bond acceptors (Lipinski definition) is 3. The van der Waals surface area contributed by atoms with E-state index >= 15 is 0 Å². The molecule has 0 aromatic rings. The van der Waals surface area contributed by atoms with Crippen molar-refractivity contribution in [3.05, 3.63) is 0 Å². The number of carbonyl (C=O) groups is 1. The van der Waals surface area contributed by atoms with Gasteiger partial charge in [0.2, 0.25) is 5.91 Å². The molecule has 0 saturated carbocycles. The molecule has 0 aromatic heterocycles. The minimum Gasteiger partial charge on any atom is -0.338 e. The van der Waals surface area contributed by atoms with E-state index in [0.29, 0.717) is 5.25 Å². The van der Waals surface area contributed by atoms with Gasteiger partial charge in [0.1, 0.15) is 6.04 Å². The summed E-state index contributed by atoms with van der Waals surface area (Å²) in [6.45, 7) is 1.70. The highest BCUT2D eigenvalue weighted by atomic mass is 32.2. The van der Waals surface area contributed by atoms with E-state index < -0.39 is 0 Å². The molecule has 0 bridgehead atoms. The monoisotopic (exact) mass is 186 g/mol. The number of amides is 1.